The van der Waals surface area contributed by atoms with Crippen LogP contribution in [0, 0.1) is 0 Å². The van der Waals surface area contributed by atoms with E-state index < -0.39 is 5.60 Å². The first-order valence-electron chi connectivity index (χ1n) is 8.00. The highest BCUT2D eigenvalue weighted by Gasteiger charge is 2.48. The van der Waals surface area contributed by atoms with Crippen molar-refractivity contribution in [3.8, 4) is 0 Å². The van der Waals surface area contributed by atoms with Crippen molar-refractivity contribution in [2.24, 2.45) is 0 Å². The molecule has 126 valence electrons. The quantitative estimate of drug-likeness (QED) is 0.851. The van der Waals surface area contributed by atoms with Gasteiger partial charge in [0, 0.05) is 25.9 Å². The Morgan fingerprint density at radius 2 is 1.79 bits per heavy atom. The summed E-state index contributed by atoms with van der Waals surface area (Å²) >= 11 is 0. The van der Waals surface area contributed by atoms with Crippen molar-refractivity contribution in [1.82, 2.24) is 4.90 Å². The molecule has 5 heteroatoms. The molecule has 0 atom stereocenters. The van der Waals surface area contributed by atoms with Crippen LogP contribution in [0.3, 0.4) is 0 Å². The normalized spacial score (nSPS) is 19.7. The Morgan fingerprint density at radius 3 is 2.46 bits per heavy atom. The van der Waals surface area contributed by atoms with Gasteiger partial charge in [0.15, 0.2) is 5.60 Å². The zero-order chi connectivity index (χ0) is 15.7. The molecule has 0 aliphatic carbocycles. The molecule has 0 bridgehead atoms. The van der Waals surface area contributed by atoms with E-state index in [1.54, 1.807) is 12.5 Å². The Balaban J connectivity index is 0.00000169. The van der Waals surface area contributed by atoms with Gasteiger partial charge in [0.2, 0.25) is 5.78 Å². The maximum atomic E-state index is 12.9. The zero-order valence-electron chi connectivity index (χ0n) is 13.3. The molecule has 4 rings (SSSR count). The van der Waals surface area contributed by atoms with Gasteiger partial charge in [-0.2, -0.15) is 0 Å². The summed E-state index contributed by atoms with van der Waals surface area (Å²) in [5, 5.41) is 0. The molecular formula is C19H20ClNO3. The van der Waals surface area contributed by atoms with Crippen LogP contribution in [-0.4, -0.2) is 29.4 Å². The van der Waals surface area contributed by atoms with Gasteiger partial charge >= 0.3 is 0 Å². The van der Waals surface area contributed by atoms with Gasteiger partial charge in [-0.1, -0.05) is 30.3 Å². The summed E-state index contributed by atoms with van der Waals surface area (Å²) in [5.74, 6) is 1.09. The molecule has 2 aliphatic rings. The first kappa shape index (κ1) is 16.8. The maximum absolute atomic E-state index is 12.9. The van der Waals surface area contributed by atoms with Crippen molar-refractivity contribution in [2.45, 2.75) is 25.0 Å². The van der Waals surface area contributed by atoms with Crippen LogP contribution in [0.2, 0.25) is 0 Å². The van der Waals surface area contributed by atoms with E-state index in [0.29, 0.717) is 5.57 Å². The molecule has 4 nitrogen and oxygen atoms in total. The molecule has 1 saturated heterocycles. The minimum Gasteiger partial charge on any atom is -0.486 e. The Hall–Kier alpha value is -2.04. The van der Waals surface area contributed by atoms with E-state index >= 15 is 0 Å². The lowest BCUT2D eigenvalue weighted by Crippen LogP contribution is -2.48. The molecule has 0 amide bonds. The van der Waals surface area contributed by atoms with Gasteiger partial charge in [-0.05, 0) is 17.7 Å². The van der Waals surface area contributed by atoms with Gasteiger partial charge in [-0.15, -0.1) is 12.4 Å². The predicted octanol–water partition coefficient (Wildman–Crippen LogP) is 3.68. The molecule has 1 fully saturated rings. The number of hydrogen-bond acceptors (Lipinski definition) is 4. The van der Waals surface area contributed by atoms with E-state index in [9.17, 15) is 4.79 Å². The van der Waals surface area contributed by atoms with Crippen molar-refractivity contribution < 1.29 is 13.9 Å². The summed E-state index contributed by atoms with van der Waals surface area (Å²) in [6, 6.07) is 13.6. The molecule has 0 radical (unpaired) electrons. The molecule has 2 aromatic rings. The summed E-state index contributed by atoms with van der Waals surface area (Å²) in [4.78, 5) is 15.2. The number of piperidine rings is 1. The monoisotopic (exact) mass is 345 g/mol. The van der Waals surface area contributed by atoms with Gasteiger partial charge in [-0.25, -0.2) is 0 Å². The lowest BCUT2D eigenvalue weighted by atomic mass is 9.84. The van der Waals surface area contributed by atoms with Crippen LogP contribution >= 0.6 is 12.4 Å². The first-order valence-corrected chi connectivity index (χ1v) is 8.00. The fourth-order valence-electron chi connectivity index (χ4n) is 3.38. The number of benzene rings is 1. The fourth-order valence-corrected chi connectivity index (χ4v) is 3.38. The van der Waals surface area contributed by atoms with E-state index in [0.717, 1.165) is 43.8 Å². The fraction of sp³-hybridized carbons (Fsp3) is 0.316. The van der Waals surface area contributed by atoms with Crippen LogP contribution in [0.15, 0.2) is 59.4 Å². The number of halogens is 1. The second-order valence-electron chi connectivity index (χ2n) is 6.19. The average Bonchev–Trinajstić information content (AvgIpc) is 3.20. The molecule has 1 aromatic carbocycles. The molecule has 0 unspecified atom stereocenters. The van der Waals surface area contributed by atoms with Gasteiger partial charge < -0.3 is 9.15 Å². The second kappa shape index (κ2) is 6.83. The van der Waals surface area contributed by atoms with Gasteiger partial charge in [0.05, 0.1) is 24.6 Å². The number of nitrogens with zero attached hydrogens (tertiary/aromatic N) is 1. The second-order valence-corrected chi connectivity index (χ2v) is 6.19. The highest BCUT2D eigenvalue weighted by Crippen LogP contribution is 2.38. The number of Topliss-reactive ketones (excluding diaryl/α,β-unsaturated/α-hetero) is 1. The summed E-state index contributed by atoms with van der Waals surface area (Å²) in [7, 11) is 0. The molecule has 2 aliphatic heterocycles. The summed E-state index contributed by atoms with van der Waals surface area (Å²) in [5.41, 5.74) is 0.975. The Kier molecular flexibility index (Phi) is 4.78. The summed E-state index contributed by atoms with van der Waals surface area (Å²) < 4.78 is 11.3. The minimum absolute atomic E-state index is 0. The highest BCUT2D eigenvalue weighted by molar-refractivity contribution is 6.26. The number of carbonyl (C=O) groups excluding carboxylic acids is 1. The number of likely N-dealkylation sites (tertiary alicyclic amines) is 1. The van der Waals surface area contributed by atoms with Crippen molar-refractivity contribution in [1.29, 1.82) is 0 Å². The van der Waals surface area contributed by atoms with E-state index in [1.165, 1.54) is 0 Å². The smallest absolute Gasteiger partial charge is 0.210 e. The number of hydrogen-bond donors (Lipinski definition) is 0. The van der Waals surface area contributed by atoms with Crippen molar-refractivity contribution >= 4 is 23.8 Å². The van der Waals surface area contributed by atoms with E-state index in [4.69, 9.17) is 9.15 Å². The standard InChI is InChI=1S/C19H19NO3.ClH/c21-18-17(15-5-2-1-3-6-15)14-23-19(18)8-10-20(11-9-19)13-16-7-4-12-22-16;/h1-7,12,14H,8-11,13H2;1H. The largest absolute Gasteiger partial charge is 0.486 e. The van der Waals surface area contributed by atoms with Crippen LogP contribution in [0.1, 0.15) is 24.2 Å². The van der Waals surface area contributed by atoms with Crippen molar-refractivity contribution in [3.05, 3.63) is 66.3 Å². The lowest BCUT2D eigenvalue weighted by Gasteiger charge is -2.37. The lowest BCUT2D eigenvalue weighted by molar-refractivity contribution is -0.133. The van der Waals surface area contributed by atoms with Gasteiger partial charge in [0.25, 0.3) is 0 Å². The van der Waals surface area contributed by atoms with Crippen LogP contribution in [0.4, 0.5) is 0 Å². The molecule has 1 aromatic heterocycles. The number of ketones is 1. The number of carbonyl (C=O) groups is 1. The molecule has 1 spiro atoms. The Bertz CT molecular complexity index is 716. The van der Waals surface area contributed by atoms with E-state index in [-0.39, 0.29) is 18.2 Å². The molecule has 24 heavy (non-hydrogen) atoms. The number of rotatable bonds is 3. The van der Waals surface area contributed by atoms with Crippen molar-refractivity contribution in [3.63, 3.8) is 0 Å². The highest BCUT2D eigenvalue weighted by atomic mass is 35.5. The molecule has 3 heterocycles. The topological polar surface area (TPSA) is 42.7 Å². The number of ether oxygens (including phenoxy) is 1. The predicted molar refractivity (Wildman–Crippen MR) is 93.7 cm³/mol. The SMILES string of the molecule is Cl.O=C1C(c2ccccc2)=COC12CCN(Cc1ccco1)CC2. The summed E-state index contributed by atoms with van der Waals surface area (Å²) in [6.07, 6.45) is 4.79. The van der Waals surface area contributed by atoms with Crippen LogP contribution in [0.25, 0.3) is 5.57 Å². The summed E-state index contributed by atoms with van der Waals surface area (Å²) in [6.45, 7) is 2.46. The zero-order valence-corrected chi connectivity index (χ0v) is 14.1. The Labute approximate surface area is 147 Å². The van der Waals surface area contributed by atoms with Crippen LogP contribution in [-0.2, 0) is 16.1 Å². The van der Waals surface area contributed by atoms with Crippen LogP contribution < -0.4 is 0 Å². The minimum atomic E-state index is -0.662. The molecule has 0 saturated carbocycles. The van der Waals surface area contributed by atoms with Crippen LogP contribution in [0.5, 0.6) is 0 Å². The van der Waals surface area contributed by atoms with E-state index in [1.807, 2.05) is 42.5 Å². The Morgan fingerprint density at radius 1 is 1.04 bits per heavy atom. The third kappa shape index (κ3) is 2.99. The molecule has 0 N–H and O–H groups in total. The first-order chi connectivity index (χ1) is 11.3. The third-order valence-corrected chi connectivity index (χ3v) is 4.77. The van der Waals surface area contributed by atoms with E-state index in [2.05, 4.69) is 4.90 Å². The van der Waals surface area contributed by atoms with Gasteiger partial charge in [0.1, 0.15) is 5.76 Å². The average molecular weight is 346 g/mol. The maximum Gasteiger partial charge on any atom is 0.210 e. The number of furan rings is 1. The van der Waals surface area contributed by atoms with Crippen molar-refractivity contribution in [2.75, 3.05) is 13.1 Å². The van der Waals surface area contributed by atoms with Gasteiger partial charge in [-0.3, -0.25) is 9.69 Å². The third-order valence-electron chi connectivity index (χ3n) is 4.77. The molecular weight excluding hydrogens is 326 g/mol.